The SMILES string of the molecule is CC(C)(C(=O)Nc1cccc2[nH]ccc12)c1ccccc1. The third kappa shape index (κ3) is 2.42. The Bertz CT molecular complexity index is 772. The Labute approximate surface area is 124 Å². The normalized spacial score (nSPS) is 11.5. The fourth-order valence-electron chi connectivity index (χ4n) is 2.46. The monoisotopic (exact) mass is 278 g/mol. The van der Waals surface area contributed by atoms with E-state index < -0.39 is 5.41 Å². The van der Waals surface area contributed by atoms with E-state index in [0.29, 0.717) is 0 Å². The van der Waals surface area contributed by atoms with Gasteiger partial charge in [0.2, 0.25) is 5.91 Å². The van der Waals surface area contributed by atoms with Gasteiger partial charge in [0.1, 0.15) is 0 Å². The van der Waals surface area contributed by atoms with Gasteiger partial charge in [-0.2, -0.15) is 0 Å². The Hall–Kier alpha value is -2.55. The van der Waals surface area contributed by atoms with Crippen molar-refractivity contribution in [3.05, 3.63) is 66.4 Å². The number of H-pyrrole nitrogens is 1. The number of carbonyl (C=O) groups is 1. The molecule has 0 unspecified atom stereocenters. The predicted molar refractivity (Wildman–Crippen MR) is 86.4 cm³/mol. The number of rotatable bonds is 3. The van der Waals surface area contributed by atoms with E-state index in [1.54, 1.807) is 0 Å². The number of fused-ring (bicyclic) bond motifs is 1. The van der Waals surface area contributed by atoms with Crippen molar-refractivity contribution in [2.75, 3.05) is 5.32 Å². The summed E-state index contributed by atoms with van der Waals surface area (Å²) >= 11 is 0. The van der Waals surface area contributed by atoms with Crippen LogP contribution in [-0.4, -0.2) is 10.9 Å². The average Bonchev–Trinajstić information content (AvgIpc) is 2.97. The van der Waals surface area contributed by atoms with Crippen molar-refractivity contribution in [3.63, 3.8) is 0 Å². The third-order valence-electron chi connectivity index (χ3n) is 3.91. The van der Waals surface area contributed by atoms with Gasteiger partial charge in [-0.3, -0.25) is 4.79 Å². The first-order valence-electron chi connectivity index (χ1n) is 7.02. The van der Waals surface area contributed by atoms with Gasteiger partial charge in [0.05, 0.1) is 11.1 Å². The second-order valence-corrected chi connectivity index (χ2v) is 5.69. The highest BCUT2D eigenvalue weighted by atomic mass is 16.2. The summed E-state index contributed by atoms with van der Waals surface area (Å²) in [5, 5.41) is 4.07. The molecule has 3 heteroatoms. The van der Waals surface area contributed by atoms with Crippen molar-refractivity contribution in [3.8, 4) is 0 Å². The van der Waals surface area contributed by atoms with Crippen molar-refractivity contribution < 1.29 is 4.79 Å². The quantitative estimate of drug-likeness (QED) is 0.745. The molecule has 0 fully saturated rings. The van der Waals surface area contributed by atoms with E-state index in [1.165, 1.54) is 0 Å². The Morgan fingerprint density at radius 1 is 1.00 bits per heavy atom. The molecule has 0 aliphatic rings. The number of nitrogens with one attached hydrogen (secondary N) is 2. The minimum Gasteiger partial charge on any atom is -0.361 e. The van der Waals surface area contributed by atoms with Crippen molar-refractivity contribution >= 4 is 22.5 Å². The van der Waals surface area contributed by atoms with Gasteiger partial charge in [-0.25, -0.2) is 0 Å². The second-order valence-electron chi connectivity index (χ2n) is 5.69. The minimum absolute atomic E-state index is 0.0117. The number of hydrogen-bond donors (Lipinski definition) is 2. The largest absolute Gasteiger partial charge is 0.361 e. The van der Waals surface area contributed by atoms with Crippen molar-refractivity contribution in [2.24, 2.45) is 0 Å². The third-order valence-corrected chi connectivity index (χ3v) is 3.91. The lowest BCUT2D eigenvalue weighted by Gasteiger charge is -2.24. The van der Waals surface area contributed by atoms with Crippen LogP contribution in [0.3, 0.4) is 0 Å². The van der Waals surface area contributed by atoms with Gasteiger partial charge >= 0.3 is 0 Å². The molecule has 2 aromatic carbocycles. The van der Waals surface area contributed by atoms with Gasteiger partial charge in [-0.1, -0.05) is 36.4 Å². The lowest BCUT2D eigenvalue weighted by molar-refractivity contribution is -0.120. The molecule has 2 N–H and O–H groups in total. The molecule has 0 atom stereocenters. The Morgan fingerprint density at radius 2 is 1.76 bits per heavy atom. The zero-order valence-corrected chi connectivity index (χ0v) is 12.2. The van der Waals surface area contributed by atoms with Crippen LogP contribution in [0.1, 0.15) is 19.4 Å². The van der Waals surface area contributed by atoms with E-state index >= 15 is 0 Å². The van der Waals surface area contributed by atoms with Crippen molar-refractivity contribution in [2.45, 2.75) is 19.3 Å². The van der Waals surface area contributed by atoms with Crippen LogP contribution in [-0.2, 0) is 10.2 Å². The molecular formula is C18H18N2O. The van der Waals surface area contributed by atoms with Crippen LogP contribution in [0.25, 0.3) is 10.9 Å². The van der Waals surface area contributed by atoms with Crippen LogP contribution in [0, 0.1) is 0 Å². The summed E-state index contributed by atoms with van der Waals surface area (Å²) in [7, 11) is 0. The summed E-state index contributed by atoms with van der Waals surface area (Å²) in [6.45, 7) is 3.88. The van der Waals surface area contributed by atoms with E-state index in [-0.39, 0.29) is 5.91 Å². The number of amides is 1. The maximum atomic E-state index is 12.7. The maximum Gasteiger partial charge on any atom is 0.234 e. The highest BCUT2D eigenvalue weighted by molar-refractivity contribution is 6.05. The van der Waals surface area contributed by atoms with E-state index in [9.17, 15) is 4.79 Å². The number of hydrogen-bond acceptors (Lipinski definition) is 1. The van der Waals surface area contributed by atoms with Gasteiger partial charge in [0.15, 0.2) is 0 Å². The second kappa shape index (κ2) is 5.09. The Balaban J connectivity index is 1.91. The molecule has 0 bridgehead atoms. The van der Waals surface area contributed by atoms with E-state index in [1.807, 2.05) is 74.6 Å². The molecule has 3 aromatic rings. The molecule has 0 aliphatic carbocycles. The molecule has 3 nitrogen and oxygen atoms in total. The smallest absolute Gasteiger partial charge is 0.234 e. The molecule has 21 heavy (non-hydrogen) atoms. The fraction of sp³-hybridized carbons (Fsp3) is 0.167. The van der Waals surface area contributed by atoms with E-state index in [2.05, 4.69) is 10.3 Å². The molecule has 106 valence electrons. The van der Waals surface area contributed by atoms with E-state index in [4.69, 9.17) is 0 Å². The summed E-state index contributed by atoms with van der Waals surface area (Å²) in [5.41, 5.74) is 2.27. The van der Waals surface area contributed by atoms with Crippen molar-refractivity contribution in [1.82, 2.24) is 4.98 Å². The zero-order chi connectivity index (χ0) is 14.9. The van der Waals surface area contributed by atoms with Gasteiger partial charge in [-0.15, -0.1) is 0 Å². The average molecular weight is 278 g/mol. The van der Waals surface area contributed by atoms with Crippen LogP contribution >= 0.6 is 0 Å². The molecule has 0 spiro atoms. The number of anilines is 1. The Morgan fingerprint density at radius 3 is 2.52 bits per heavy atom. The highest BCUT2D eigenvalue weighted by Gasteiger charge is 2.29. The summed E-state index contributed by atoms with van der Waals surface area (Å²) < 4.78 is 0. The van der Waals surface area contributed by atoms with Gasteiger partial charge in [0, 0.05) is 17.1 Å². The van der Waals surface area contributed by atoms with Crippen LogP contribution in [0.5, 0.6) is 0 Å². The zero-order valence-electron chi connectivity index (χ0n) is 12.2. The van der Waals surface area contributed by atoms with Gasteiger partial charge < -0.3 is 10.3 Å². The standard InChI is InChI=1S/C18H18N2O/c1-18(2,13-7-4-3-5-8-13)17(21)20-16-10-6-9-15-14(16)11-12-19-15/h3-12,19H,1-2H3,(H,20,21). The van der Waals surface area contributed by atoms with E-state index in [0.717, 1.165) is 22.2 Å². The summed E-state index contributed by atoms with van der Waals surface area (Å²) in [5.74, 6) is -0.0117. The molecule has 3 rings (SSSR count). The van der Waals surface area contributed by atoms with Crippen LogP contribution in [0.4, 0.5) is 5.69 Å². The summed E-state index contributed by atoms with van der Waals surface area (Å²) in [4.78, 5) is 15.8. The van der Waals surface area contributed by atoms with Crippen LogP contribution in [0.2, 0.25) is 0 Å². The Kier molecular flexibility index (Phi) is 3.26. The predicted octanol–water partition coefficient (Wildman–Crippen LogP) is 4.08. The first-order valence-corrected chi connectivity index (χ1v) is 7.02. The molecule has 1 amide bonds. The summed E-state index contributed by atoms with van der Waals surface area (Å²) in [6.07, 6.45) is 1.88. The first kappa shape index (κ1) is 13.4. The topological polar surface area (TPSA) is 44.9 Å². The van der Waals surface area contributed by atoms with Gasteiger partial charge in [0.25, 0.3) is 0 Å². The number of aromatic nitrogens is 1. The van der Waals surface area contributed by atoms with Crippen LogP contribution < -0.4 is 5.32 Å². The van der Waals surface area contributed by atoms with Crippen molar-refractivity contribution in [1.29, 1.82) is 0 Å². The lowest BCUT2D eigenvalue weighted by Crippen LogP contribution is -2.34. The number of aromatic amines is 1. The fourth-order valence-corrected chi connectivity index (χ4v) is 2.46. The molecule has 0 aliphatic heterocycles. The first-order chi connectivity index (χ1) is 10.1. The lowest BCUT2D eigenvalue weighted by atomic mass is 9.83. The number of benzene rings is 2. The number of carbonyl (C=O) groups excluding carboxylic acids is 1. The minimum atomic E-state index is -0.584. The molecule has 0 saturated carbocycles. The van der Waals surface area contributed by atoms with Crippen LogP contribution in [0.15, 0.2) is 60.8 Å². The highest BCUT2D eigenvalue weighted by Crippen LogP contribution is 2.27. The maximum absolute atomic E-state index is 12.7. The molecule has 0 saturated heterocycles. The molecule has 0 radical (unpaired) electrons. The molecule has 1 heterocycles. The van der Waals surface area contributed by atoms with Gasteiger partial charge in [-0.05, 0) is 37.6 Å². The molecule has 1 aromatic heterocycles. The molecular weight excluding hydrogens is 260 g/mol. The summed E-state index contributed by atoms with van der Waals surface area (Å²) in [6, 6.07) is 17.7.